The molecular weight excluding hydrogens is 266 g/mol. The first-order valence-corrected chi connectivity index (χ1v) is 7.79. The maximum atomic E-state index is 10.1. The molecule has 0 aromatic heterocycles. The van der Waals surface area contributed by atoms with Crippen molar-refractivity contribution in [3.8, 4) is 5.75 Å². The van der Waals surface area contributed by atoms with Crippen LogP contribution in [0.3, 0.4) is 0 Å². The lowest BCUT2D eigenvalue weighted by Gasteiger charge is -2.29. The minimum Gasteiger partial charge on any atom is -0.491 e. The molecule has 1 atom stereocenters. The van der Waals surface area contributed by atoms with Crippen molar-refractivity contribution in [2.45, 2.75) is 51.2 Å². The van der Waals surface area contributed by atoms with E-state index in [-0.39, 0.29) is 18.8 Å². The third-order valence-electron chi connectivity index (χ3n) is 4.35. The number of β-amino-alcohol motifs (C(OH)–C–C–N with tert-alkyl or cyclic N) is 1. The van der Waals surface area contributed by atoms with Crippen LogP contribution in [0, 0.1) is 13.8 Å². The number of aliphatic hydroxyl groups is 2. The molecule has 0 radical (unpaired) electrons. The lowest BCUT2D eigenvalue weighted by molar-refractivity contribution is 0.0847. The summed E-state index contributed by atoms with van der Waals surface area (Å²) in [5, 5.41) is 22.9. The Balaban J connectivity index is 1.79. The summed E-state index contributed by atoms with van der Waals surface area (Å²) >= 11 is 0. The van der Waals surface area contributed by atoms with E-state index in [1.807, 2.05) is 32.0 Å². The Bertz CT molecular complexity index is 455. The molecule has 21 heavy (non-hydrogen) atoms. The summed E-state index contributed by atoms with van der Waals surface area (Å²) in [5.74, 6) is 0.826. The third-order valence-corrected chi connectivity index (χ3v) is 4.35. The minimum absolute atomic E-state index is 0.136. The van der Waals surface area contributed by atoms with Gasteiger partial charge in [0.2, 0.25) is 0 Å². The number of rotatable bonds is 7. The predicted molar refractivity (Wildman–Crippen MR) is 83.7 cm³/mol. The summed E-state index contributed by atoms with van der Waals surface area (Å²) in [6.07, 6.45) is 3.67. The summed E-state index contributed by atoms with van der Waals surface area (Å²) in [6.45, 7) is 4.87. The van der Waals surface area contributed by atoms with E-state index in [1.54, 1.807) is 0 Å². The molecule has 1 aromatic carbocycles. The van der Waals surface area contributed by atoms with Crippen LogP contribution < -0.4 is 10.1 Å². The van der Waals surface area contributed by atoms with Crippen LogP contribution in [-0.4, -0.2) is 41.6 Å². The van der Waals surface area contributed by atoms with Crippen molar-refractivity contribution >= 4 is 0 Å². The number of hydrogen-bond acceptors (Lipinski definition) is 4. The normalized spacial score (nSPS) is 18.7. The highest BCUT2D eigenvalue weighted by Gasteiger charge is 2.32. The molecule has 1 aromatic rings. The smallest absolute Gasteiger partial charge is 0.122 e. The number of aliphatic hydroxyl groups excluding tert-OH is 2. The highest BCUT2D eigenvalue weighted by atomic mass is 16.5. The van der Waals surface area contributed by atoms with Crippen LogP contribution in [-0.2, 0) is 0 Å². The Hall–Kier alpha value is -1.10. The van der Waals surface area contributed by atoms with E-state index >= 15 is 0 Å². The zero-order valence-corrected chi connectivity index (χ0v) is 13.1. The fourth-order valence-corrected chi connectivity index (χ4v) is 2.88. The average molecular weight is 293 g/mol. The van der Waals surface area contributed by atoms with Gasteiger partial charge in [-0.25, -0.2) is 0 Å². The summed E-state index contributed by atoms with van der Waals surface area (Å²) in [5.41, 5.74) is 2.03. The van der Waals surface area contributed by atoms with Crippen molar-refractivity contribution < 1.29 is 14.9 Å². The quantitative estimate of drug-likeness (QED) is 0.719. The number of nitrogens with one attached hydrogen (secondary N) is 1. The Kier molecular flexibility index (Phi) is 5.62. The maximum Gasteiger partial charge on any atom is 0.122 e. The number of hydrogen-bond donors (Lipinski definition) is 3. The van der Waals surface area contributed by atoms with Crippen molar-refractivity contribution in [1.29, 1.82) is 0 Å². The van der Waals surface area contributed by atoms with E-state index in [4.69, 9.17) is 4.74 Å². The van der Waals surface area contributed by atoms with Crippen LogP contribution in [0.4, 0.5) is 0 Å². The number of ether oxygens (including phenoxy) is 1. The van der Waals surface area contributed by atoms with Crippen molar-refractivity contribution in [1.82, 2.24) is 5.32 Å². The molecule has 1 unspecified atom stereocenters. The molecule has 1 aliphatic carbocycles. The zero-order chi connectivity index (χ0) is 15.3. The van der Waals surface area contributed by atoms with Gasteiger partial charge in [0.05, 0.1) is 6.61 Å². The SMILES string of the molecule is Cc1ccc(C)c(OCC(O)CNC2(CO)CCCC2)c1. The summed E-state index contributed by atoms with van der Waals surface area (Å²) in [7, 11) is 0. The topological polar surface area (TPSA) is 61.7 Å². The second-order valence-corrected chi connectivity index (χ2v) is 6.26. The lowest BCUT2D eigenvalue weighted by atomic mass is 9.99. The molecular formula is C17H27NO3. The largest absolute Gasteiger partial charge is 0.491 e. The van der Waals surface area contributed by atoms with Gasteiger partial charge in [0.25, 0.3) is 0 Å². The highest BCUT2D eigenvalue weighted by Crippen LogP contribution is 2.29. The van der Waals surface area contributed by atoms with Gasteiger partial charge in [-0.15, -0.1) is 0 Å². The first-order chi connectivity index (χ1) is 10.0. The molecule has 4 heteroatoms. The van der Waals surface area contributed by atoms with E-state index in [0.29, 0.717) is 6.54 Å². The monoisotopic (exact) mass is 293 g/mol. The van der Waals surface area contributed by atoms with Crippen LogP contribution >= 0.6 is 0 Å². The molecule has 0 bridgehead atoms. The van der Waals surface area contributed by atoms with Gasteiger partial charge in [-0.05, 0) is 43.9 Å². The first kappa shape index (κ1) is 16.3. The van der Waals surface area contributed by atoms with Gasteiger partial charge in [0, 0.05) is 12.1 Å². The molecule has 1 aliphatic rings. The zero-order valence-electron chi connectivity index (χ0n) is 13.1. The van der Waals surface area contributed by atoms with Crippen molar-refractivity contribution in [2.75, 3.05) is 19.8 Å². The highest BCUT2D eigenvalue weighted by molar-refractivity contribution is 5.35. The Morgan fingerprint density at radius 1 is 1.29 bits per heavy atom. The van der Waals surface area contributed by atoms with Crippen LogP contribution in [0.15, 0.2) is 18.2 Å². The minimum atomic E-state index is -0.575. The van der Waals surface area contributed by atoms with Crippen molar-refractivity contribution in [3.05, 3.63) is 29.3 Å². The fraction of sp³-hybridized carbons (Fsp3) is 0.647. The standard InChI is InChI=1S/C17H27NO3/c1-13-5-6-14(2)16(9-13)21-11-15(20)10-18-17(12-19)7-3-4-8-17/h5-6,9,15,18-20H,3-4,7-8,10-12H2,1-2H3. The van der Waals surface area contributed by atoms with E-state index < -0.39 is 6.10 Å². The molecule has 0 saturated heterocycles. The van der Waals surface area contributed by atoms with Gasteiger partial charge < -0.3 is 20.3 Å². The van der Waals surface area contributed by atoms with Crippen molar-refractivity contribution in [2.24, 2.45) is 0 Å². The van der Waals surface area contributed by atoms with E-state index in [0.717, 1.165) is 42.6 Å². The van der Waals surface area contributed by atoms with Gasteiger partial charge in [-0.3, -0.25) is 0 Å². The Morgan fingerprint density at radius 2 is 2.00 bits per heavy atom. The van der Waals surface area contributed by atoms with Crippen LogP contribution in [0.5, 0.6) is 5.75 Å². The average Bonchev–Trinajstić information content (AvgIpc) is 2.95. The second-order valence-electron chi connectivity index (χ2n) is 6.26. The molecule has 0 spiro atoms. The molecule has 2 rings (SSSR count). The van der Waals surface area contributed by atoms with Crippen LogP contribution in [0.2, 0.25) is 0 Å². The molecule has 1 fully saturated rings. The van der Waals surface area contributed by atoms with Gasteiger partial charge in [0.1, 0.15) is 18.5 Å². The molecule has 118 valence electrons. The van der Waals surface area contributed by atoms with E-state index in [2.05, 4.69) is 5.32 Å². The number of aryl methyl sites for hydroxylation is 2. The van der Waals surface area contributed by atoms with Crippen molar-refractivity contribution in [3.63, 3.8) is 0 Å². The molecule has 4 nitrogen and oxygen atoms in total. The summed E-state index contributed by atoms with van der Waals surface area (Å²) in [6, 6.07) is 6.06. The lowest BCUT2D eigenvalue weighted by Crippen LogP contribution is -2.49. The third kappa shape index (κ3) is 4.43. The predicted octanol–water partition coefficient (Wildman–Crippen LogP) is 1.94. The Morgan fingerprint density at radius 3 is 2.67 bits per heavy atom. The van der Waals surface area contributed by atoms with Gasteiger partial charge in [0.15, 0.2) is 0 Å². The maximum absolute atomic E-state index is 10.1. The summed E-state index contributed by atoms with van der Waals surface area (Å²) in [4.78, 5) is 0. The first-order valence-electron chi connectivity index (χ1n) is 7.79. The number of benzene rings is 1. The molecule has 3 N–H and O–H groups in total. The van der Waals surface area contributed by atoms with Crippen LogP contribution in [0.25, 0.3) is 0 Å². The fourth-order valence-electron chi connectivity index (χ4n) is 2.88. The van der Waals surface area contributed by atoms with Gasteiger partial charge in [-0.2, -0.15) is 0 Å². The Labute approximate surface area is 127 Å². The molecule has 0 amide bonds. The molecule has 0 aliphatic heterocycles. The molecule has 1 saturated carbocycles. The second kappa shape index (κ2) is 7.25. The van der Waals surface area contributed by atoms with E-state index in [9.17, 15) is 10.2 Å². The van der Waals surface area contributed by atoms with E-state index in [1.165, 1.54) is 0 Å². The van der Waals surface area contributed by atoms with Gasteiger partial charge in [-0.1, -0.05) is 25.0 Å². The molecule has 0 heterocycles. The summed E-state index contributed by atoms with van der Waals surface area (Å²) < 4.78 is 5.71. The van der Waals surface area contributed by atoms with Crippen LogP contribution in [0.1, 0.15) is 36.8 Å². The van der Waals surface area contributed by atoms with Gasteiger partial charge >= 0.3 is 0 Å².